The lowest BCUT2D eigenvalue weighted by atomic mass is 10.2. The highest BCUT2D eigenvalue weighted by Gasteiger charge is 2.38. The molecule has 11 heteroatoms. The number of rotatable bonds is 24. The molecule has 0 aromatic carbocycles. The van der Waals surface area contributed by atoms with E-state index in [2.05, 4.69) is 41.5 Å². The van der Waals surface area contributed by atoms with Gasteiger partial charge in [-0.25, -0.2) is 0 Å². The molecule has 0 aromatic heterocycles. The van der Waals surface area contributed by atoms with E-state index in [1.807, 2.05) is 0 Å². The van der Waals surface area contributed by atoms with Crippen LogP contribution in [0.25, 0.3) is 0 Å². The van der Waals surface area contributed by atoms with Crippen LogP contribution in [0.4, 0.5) is 0 Å². The lowest BCUT2D eigenvalue weighted by Crippen LogP contribution is -2.43. The van der Waals surface area contributed by atoms with Crippen molar-refractivity contribution in [3.8, 4) is 0 Å². The molecule has 0 bridgehead atoms. The van der Waals surface area contributed by atoms with Crippen LogP contribution in [0.2, 0.25) is 36.3 Å². The van der Waals surface area contributed by atoms with Crippen LogP contribution >= 0.6 is 0 Å². The SMILES string of the molecule is CCC[Si](CCC)(CCC)OC(CC(=O)O)CC(=O)OC(=O)CC(CC(=O)O)O[Si](CCC)(CCC)CCC. The summed E-state index contributed by atoms with van der Waals surface area (Å²) in [7, 11) is -4.53. The van der Waals surface area contributed by atoms with Crippen LogP contribution in [0.5, 0.6) is 0 Å². The number of esters is 2. The van der Waals surface area contributed by atoms with Crippen molar-refractivity contribution in [1.82, 2.24) is 0 Å². The van der Waals surface area contributed by atoms with Crippen molar-refractivity contribution in [2.75, 3.05) is 0 Å². The molecule has 0 amide bonds. The Labute approximate surface area is 237 Å². The van der Waals surface area contributed by atoms with Crippen molar-refractivity contribution in [3.63, 3.8) is 0 Å². The monoisotopic (exact) mass is 590 g/mol. The average molecular weight is 591 g/mol. The van der Waals surface area contributed by atoms with Crippen molar-refractivity contribution >= 4 is 40.5 Å². The van der Waals surface area contributed by atoms with Crippen LogP contribution in [0.3, 0.4) is 0 Å². The molecule has 0 aliphatic rings. The molecule has 9 nitrogen and oxygen atoms in total. The second-order valence-corrected chi connectivity index (χ2v) is 19.0. The summed E-state index contributed by atoms with van der Waals surface area (Å²) in [5.41, 5.74) is 0. The molecule has 2 N–H and O–H groups in total. The predicted molar refractivity (Wildman–Crippen MR) is 157 cm³/mol. The van der Waals surface area contributed by atoms with Crippen molar-refractivity contribution in [1.29, 1.82) is 0 Å². The van der Waals surface area contributed by atoms with Gasteiger partial charge < -0.3 is 23.8 Å². The number of carbonyl (C=O) groups excluding carboxylic acids is 2. The van der Waals surface area contributed by atoms with Gasteiger partial charge >= 0.3 is 23.9 Å². The maximum Gasteiger partial charge on any atom is 0.316 e. The molecule has 0 aromatic rings. The van der Waals surface area contributed by atoms with Gasteiger partial charge in [-0.1, -0.05) is 80.1 Å². The summed E-state index contributed by atoms with van der Waals surface area (Å²) in [5, 5.41) is 18.9. The third kappa shape index (κ3) is 15.7. The molecular formula is C28H54O9Si2. The summed E-state index contributed by atoms with van der Waals surface area (Å²) < 4.78 is 18.0. The minimum absolute atomic E-state index is 0.339. The maximum absolute atomic E-state index is 12.8. The van der Waals surface area contributed by atoms with Crippen molar-refractivity contribution in [2.45, 2.75) is 154 Å². The molecule has 0 saturated heterocycles. The highest BCUT2D eigenvalue weighted by Crippen LogP contribution is 2.32. The number of carboxylic acids is 2. The molecule has 0 spiro atoms. The Hall–Kier alpha value is -1.57. The molecule has 0 heterocycles. The molecule has 0 saturated carbocycles. The van der Waals surface area contributed by atoms with Crippen molar-refractivity contribution < 1.29 is 43.0 Å². The fourth-order valence-electron chi connectivity index (χ4n) is 5.83. The molecular weight excluding hydrogens is 536 g/mol. The number of aliphatic carboxylic acids is 2. The molecule has 2 atom stereocenters. The molecule has 0 fully saturated rings. The Morgan fingerprint density at radius 3 is 0.974 bits per heavy atom. The van der Waals surface area contributed by atoms with Gasteiger partial charge in [0, 0.05) is 0 Å². The Kier molecular flexibility index (Phi) is 19.5. The average Bonchev–Trinajstić information content (AvgIpc) is 2.78. The standard InChI is InChI=1S/C28H54O9Si2/c1-7-13-38(14-8-2,15-9-3)36-23(19-25(29)30)21-27(33)35-28(34)22-24(20-26(31)32)37-39(16-10-4,17-11-5)18-12-6/h23-24H,7-22H2,1-6H3,(H,29,30)(H,31,32). The lowest BCUT2D eigenvalue weighted by Gasteiger charge is -2.35. The van der Waals surface area contributed by atoms with Crippen LogP contribution in [0, 0.1) is 0 Å². The first-order valence-electron chi connectivity index (χ1n) is 15.0. The van der Waals surface area contributed by atoms with Gasteiger partial charge in [0.1, 0.15) is 0 Å². The van der Waals surface area contributed by atoms with Gasteiger partial charge in [0.05, 0.1) is 37.9 Å². The Morgan fingerprint density at radius 1 is 0.513 bits per heavy atom. The fraction of sp³-hybridized carbons (Fsp3) is 0.857. The first-order chi connectivity index (χ1) is 18.4. The van der Waals surface area contributed by atoms with Crippen LogP contribution in [-0.4, -0.2) is 62.9 Å². The van der Waals surface area contributed by atoms with Crippen LogP contribution < -0.4 is 0 Å². The van der Waals surface area contributed by atoms with E-state index < -0.39 is 52.7 Å². The molecule has 228 valence electrons. The Balaban J connectivity index is 5.59. The summed E-state index contributed by atoms with van der Waals surface area (Å²) in [6.45, 7) is 12.4. The van der Waals surface area contributed by atoms with Gasteiger partial charge in [-0.15, -0.1) is 0 Å². The van der Waals surface area contributed by atoms with E-state index >= 15 is 0 Å². The van der Waals surface area contributed by atoms with E-state index in [1.165, 1.54) is 0 Å². The molecule has 0 radical (unpaired) electrons. The molecule has 2 unspecified atom stereocenters. The zero-order valence-corrected chi connectivity index (χ0v) is 27.2. The van der Waals surface area contributed by atoms with Gasteiger partial charge in [0.25, 0.3) is 0 Å². The normalized spacial score (nSPS) is 13.6. The van der Waals surface area contributed by atoms with E-state index in [-0.39, 0.29) is 25.7 Å². The van der Waals surface area contributed by atoms with Gasteiger partial charge in [-0.05, 0) is 36.3 Å². The molecule has 0 aliphatic heterocycles. The van der Waals surface area contributed by atoms with E-state index in [0.717, 1.165) is 74.8 Å². The molecule has 0 rings (SSSR count). The first kappa shape index (κ1) is 37.4. The second-order valence-electron chi connectivity index (χ2n) is 10.8. The zero-order valence-electron chi connectivity index (χ0n) is 25.2. The number of carbonyl (C=O) groups is 4. The smallest absolute Gasteiger partial charge is 0.316 e. The second kappa shape index (κ2) is 20.3. The predicted octanol–water partition coefficient (Wildman–Crippen LogP) is 6.91. The molecule has 0 aliphatic carbocycles. The van der Waals surface area contributed by atoms with Crippen molar-refractivity contribution in [3.05, 3.63) is 0 Å². The fourth-order valence-corrected chi connectivity index (χ4v) is 15.2. The van der Waals surface area contributed by atoms with E-state index in [9.17, 15) is 29.4 Å². The van der Waals surface area contributed by atoms with Gasteiger partial charge in [0.15, 0.2) is 16.6 Å². The third-order valence-corrected chi connectivity index (χ3v) is 17.0. The topological polar surface area (TPSA) is 136 Å². The largest absolute Gasteiger partial charge is 0.481 e. The summed E-state index contributed by atoms with van der Waals surface area (Å²) in [4.78, 5) is 48.6. The minimum atomic E-state index is -2.26. The third-order valence-electron chi connectivity index (χ3n) is 6.89. The van der Waals surface area contributed by atoms with Crippen molar-refractivity contribution in [2.24, 2.45) is 0 Å². The minimum Gasteiger partial charge on any atom is -0.481 e. The number of ether oxygens (including phenoxy) is 1. The number of carboxylic acid groups (broad SMARTS) is 2. The van der Waals surface area contributed by atoms with Crippen LogP contribution in [0.1, 0.15) is 106 Å². The summed E-state index contributed by atoms with van der Waals surface area (Å²) in [6.07, 6.45) is 2.38. The number of hydrogen-bond donors (Lipinski definition) is 2. The maximum atomic E-state index is 12.8. The van der Waals surface area contributed by atoms with E-state index in [1.54, 1.807) is 0 Å². The zero-order chi connectivity index (χ0) is 29.9. The van der Waals surface area contributed by atoms with E-state index in [4.69, 9.17) is 13.6 Å². The highest BCUT2D eigenvalue weighted by molar-refractivity contribution is 6.74. The quantitative estimate of drug-likeness (QED) is 0.0698. The summed E-state index contributed by atoms with van der Waals surface area (Å²) >= 11 is 0. The molecule has 39 heavy (non-hydrogen) atoms. The van der Waals surface area contributed by atoms with Crippen LogP contribution in [-0.2, 0) is 32.8 Å². The van der Waals surface area contributed by atoms with Gasteiger partial charge in [-0.3, -0.25) is 19.2 Å². The van der Waals surface area contributed by atoms with Gasteiger partial charge in [0.2, 0.25) is 0 Å². The van der Waals surface area contributed by atoms with E-state index in [0.29, 0.717) is 0 Å². The van der Waals surface area contributed by atoms with Gasteiger partial charge in [-0.2, -0.15) is 0 Å². The summed E-state index contributed by atoms with van der Waals surface area (Å²) in [5.74, 6) is -3.87. The Morgan fingerprint density at radius 2 is 0.769 bits per heavy atom. The number of hydrogen-bond acceptors (Lipinski definition) is 7. The Bertz CT molecular complexity index is 651. The highest BCUT2D eigenvalue weighted by atomic mass is 28.4. The lowest BCUT2D eigenvalue weighted by molar-refractivity contribution is -0.162. The summed E-state index contributed by atoms with van der Waals surface area (Å²) in [6, 6.07) is 5.29. The van der Waals surface area contributed by atoms with Crippen LogP contribution in [0.15, 0.2) is 0 Å². The first-order valence-corrected chi connectivity index (χ1v) is 20.0.